The molecule has 0 fully saturated rings. The molecule has 0 spiro atoms. The molecule has 3 heteroatoms. The second kappa shape index (κ2) is 5.50. The quantitative estimate of drug-likeness (QED) is 0.711. The number of aryl methyl sites for hydroxylation is 1. The Labute approximate surface area is 130 Å². The Kier molecular flexibility index (Phi) is 3.52. The molecule has 3 aromatic rings. The van der Waals surface area contributed by atoms with Gasteiger partial charge < -0.3 is 4.90 Å². The lowest BCUT2D eigenvalue weighted by atomic mass is 9.99. The van der Waals surface area contributed by atoms with Gasteiger partial charge in [0.1, 0.15) is 6.07 Å². The molecule has 3 nitrogen and oxygen atoms in total. The number of benzene rings is 2. The topological polar surface area (TPSA) is 39.9 Å². The van der Waals surface area contributed by atoms with E-state index in [0.29, 0.717) is 5.56 Å². The van der Waals surface area contributed by atoms with Crippen molar-refractivity contribution in [1.82, 2.24) is 4.98 Å². The lowest BCUT2D eigenvalue weighted by Crippen LogP contribution is -2.07. The summed E-state index contributed by atoms with van der Waals surface area (Å²) in [5.74, 6) is 0. The zero-order chi connectivity index (χ0) is 15.7. The van der Waals surface area contributed by atoms with E-state index in [4.69, 9.17) is 0 Å². The molecule has 1 aromatic heterocycles. The molecule has 0 bridgehead atoms. The van der Waals surface area contributed by atoms with Crippen molar-refractivity contribution in [3.63, 3.8) is 0 Å². The van der Waals surface area contributed by atoms with Gasteiger partial charge in [0, 0.05) is 31.4 Å². The van der Waals surface area contributed by atoms with E-state index in [-0.39, 0.29) is 0 Å². The van der Waals surface area contributed by atoms with Crippen LogP contribution in [-0.4, -0.2) is 19.1 Å². The Balaban J connectivity index is 2.14. The van der Waals surface area contributed by atoms with Crippen LogP contribution in [0.2, 0.25) is 0 Å². The molecule has 0 radical (unpaired) electrons. The Morgan fingerprint density at radius 2 is 1.68 bits per heavy atom. The van der Waals surface area contributed by atoms with Crippen LogP contribution in [0.5, 0.6) is 0 Å². The fraction of sp³-hybridized carbons (Fsp3) is 0.158. The van der Waals surface area contributed by atoms with Gasteiger partial charge >= 0.3 is 0 Å². The second-order valence-corrected chi connectivity index (χ2v) is 5.60. The summed E-state index contributed by atoms with van der Waals surface area (Å²) in [6.45, 7) is 1.92. The summed E-state index contributed by atoms with van der Waals surface area (Å²) < 4.78 is 0. The minimum Gasteiger partial charge on any atom is -0.378 e. The summed E-state index contributed by atoms with van der Waals surface area (Å²) >= 11 is 0. The number of hydrogen-bond donors (Lipinski definition) is 0. The number of hydrogen-bond acceptors (Lipinski definition) is 3. The standard InChI is InChI=1S/C19H17N3/c1-13-12-21-19-9-6-15(10-17(19)18(13)11-20)14-4-7-16(8-5-14)22(2)3/h4-10,12H,1-3H3. The van der Waals surface area contributed by atoms with Crippen LogP contribution in [0, 0.1) is 18.3 Å². The van der Waals surface area contributed by atoms with E-state index in [1.165, 1.54) is 5.69 Å². The fourth-order valence-electron chi connectivity index (χ4n) is 2.57. The van der Waals surface area contributed by atoms with Gasteiger partial charge in [0.25, 0.3) is 0 Å². The highest BCUT2D eigenvalue weighted by Crippen LogP contribution is 2.28. The molecule has 0 unspecified atom stereocenters. The minimum absolute atomic E-state index is 0.705. The zero-order valence-corrected chi connectivity index (χ0v) is 13.0. The van der Waals surface area contributed by atoms with E-state index in [2.05, 4.69) is 52.4 Å². The van der Waals surface area contributed by atoms with Crippen LogP contribution in [0.15, 0.2) is 48.7 Å². The van der Waals surface area contributed by atoms with Crippen LogP contribution in [0.4, 0.5) is 5.69 Å². The van der Waals surface area contributed by atoms with E-state index < -0.39 is 0 Å². The summed E-state index contributed by atoms with van der Waals surface area (Å²) in [6.07, 6.45) is 1.76. The van der Waals surface area contributed by atoms with Crippen molar-refractivity contribution in [2.45, 2.75) is 6.92 Å². The molecule has 0 amide bonds. The molecular formula is C19H17N3. The molecule has 0 atom stereocenters. The third-order valence-electron chi connectivity index (χ3n) is 3.89. The molecule has 22 heavy (non-hydrogen) atoms. The molecule has 0 saturated heterocycles. The molecule has 0 N–H and O–H groups in total. The smallest absolute Gasteiger partial charge is 0.100 e. The average Bonchev–Trinajstić information content (AvgIpc) is 2.54. The van der Waals surface area contributed by atoms with Crippen LogP contribution >= 0.6 is 0 Å². The number of fused-ring (bicyclic) bond motifs is 1. The van der Waals surface area contributed by atoms with E-state index >= 15 is 0 Å². The van der Waals surface area contributed by atoms with Crippen molar-refractivity contribution >= 4 is 16.6 Å². The summed E-state index contributed by atoms with van der Waals surface area (Å²) in [4.78, 5) is 6.48. The van der Waals surface area contributed by atoms with E-state index in [1.54, 1.807) is 6.20 Å². The van der Waals surface area contributed by atoms with Crippen molar-refractivity contribution < 1.29 is 0 Å². The van der Waals surface area contributed by atoms with Crippen LogP contribution in [0.25, 0.3) is 22.0 Å². The molecule has 0 saturated carbocycles. The van der Waals surface area contributed by atoms with Crippen LogP contribution < -0.4 is 4.90 Å². The Morgan fingerprint density at radius 3 is 2.32 bits per heavy atom. The highest BCUT2D eigenvalue weighted by Gasteiger charge is 2.07. The average molecular weight is 287 g/mol. The third kappa shape index (κ3) is 2.40. The minimum atomic E-state index is 0.705. The van der Waals surface area contributed by atoms with Gasteiger partial charge in [-0.2, -0.15) is 5.26 Å². The van der Waals surface area contributed by atoms with Crippen molar-refractivity contribution in [2.24, 2.45) is 0 Å². The van der Waals surface area contributed by atoms with Gasteiger partial charge in [0.2, 0.25) is 0 Å². The summed E-state index contributed by atoms with van der Waals surface area (Å²) in [6, 6.07) is 16.8. The van der Waals surface area contributed by atoms with Gasteiger partial charge in [-0.05, 0) is 47.9 Å². The highest BCUT2D eigenvalue weighted by atomic mass is 15.1. The van der Waals surface area contributed by atoms with Gasteiger partial charge in [-0.25, -0.2) is 0 Å². The van der Waals surface area contributed by atoms with Crippen molar-refractivity contribution in [2.75, 3.05) is 19.0 Å². The lowest BCUT2D eigenvalue weighted by molar-refractivity contribution is 1.13. The number of nitriles is 1. The van der Waals surface area contributed by atoms with E-state index in [9.17, 15) is 5.26 Å². The van der Waals surface area contributed by atoms with Crippen molar-refractivity contribution in [3.05, 3.63) is 59.8 Å². The summed E-state index contributed by atoms with van der Waals surface area (Å²) in [5, 5.41) is 10.3. The van der Waals surface area contributed by atoms with E-state index in [0.717, 1.165) is 27.6 Å². The second-order valence-electron chi connectivity index (χ2n) is 5.60. The lowest BCUT2D eigenvalue weighted by Gasteiger charge is -2.13. The number of anilines is 1. The van der Waals surface area contributed by atoms with E-state index in [1.807, 2.05) is 27.1 Å². The first-order chi connectivity index (χ1) is 10.6. The molecule has 0 aliphatic heterocycles. The SMILES string of the molecule is Cc1cnc2ccc(-c3ccc(N(C)C)cc3)cc2c1C#N. The third-order valence-corrected chi connectivity index (χ3v) is 3.89. The zero-order valence-electron chi connectivity index (χ0n) is 13.0. The number of rotatable bonds is 2. The predicted molar refractivity (Wildman–Crippen MR) is 91.0 cm³/mol. The molecule has 108 valence electrons. The molecule has 3 rings (SSSR count). The van der Waals surface area contributed by atoms with Gasteiger partial charge in [0.05, 0.1) is 11.1 Å². The first kappa shape index (κ1) is 14.1. The van der Waals surface area contributed by atoms with Gasteiger partial charge in [0.15, 0.2) is 0 Å². The summed E-state index contributed by atoms with van der Waals surface area (Å²) in [5.41, 5.74) is 5.88. The molecule has 2 aromatic carbocycles. The fourth-order valence-corrected chi connectivity index (χ4v) is 2.57. The molecular weight excluding hydrogens is 270 g/mol. The maximum atomic E-state index is 9.39. The normalized spacial score (nSPS) is 10.5. The maximum absolute atomic E-state index is 9.39. The van der Waals surface area contributed by atoms with Crippen LogP contribution in [0.3, 0.4) is 0 Å². The van der Waals surface area contributed by atoms with Crippen molar-refractivity contribution in [1.29, 1.82) is 5.26 Å². The Morgan fingerprint density at radius 1 is 1.00 bits per heavy atom. The number of pyridine rings is 1. The number of nitrogens with zero attached hydrogens (tertiary/aromatic N) is 3. The predicted octanol–water partition coefficient (Wildman–Crippen LogP) is 4.15. The first-order valence-electron chi connectivity index (χ1n) is 7.17. The van der Waals surface area contributed by atoms with Gasteiger partial charge in [-0.3, -0.25) is 4.98 Å². The van der Waals surface area contributed by atoms with Crippen molar-refractivity contribution in [3.8, 4) is 17.2 Å². The molecule has 0 aliphatic rings. The maximum Gasteiger partial charge on any atom is 0.100 e. The highest BCUT2D eigenvalue weighted by molar-refractivity contribution is 5.89. The van der Waals surface area contributed by atoms with Crippen LogP contribution in [-0.2, 0) is 0 Å². The number of aromatic nitrogens is 1. The van der Waals surface area contributed by atoms with Gasteiger partial charge in [-0.1, -0.05) is 18.2 Å². The largest absolute Gasteiger partial charge is 0.378 e. The van der Waals surface area contributed by atoms with Gasteiger partial charge in [-0.15, -0.1) is 0 Å². The molecule has 1 heterocycles. The van der Waals surface area contributed by atoms with Crippen LogP contribution in [0.1, 0.15) is 11.1 Å². The monoisotopic (exact) mass is 287 g/mol. The Hall–Kier alpha value is -2.86. The first-order valence-corrected chi connectivity index (χ1v) is 7.17. The molecule has 0 aliphatic carbocycles. The summed E-state index contributed by atoms with van der Waals surface area (Å²) in [7, 11) is 4.05. The Bertz CT molecular complexity index is 872.